The number of carbonyl (C=O) groups excluding carboxylic acids is 1. The van der Waals surface area contributed by atoms with Crippen LogP contribution in [0.15, 0.2) is 77.7 Å². The third-order valence-electron chi connectivity index (χ3n) is 4.34. The van der Waals surface area contributed by atoms with Gasteiger partial charge in [0.1, 0.15) is 5.75 Å². The quantitative estimate of drug-likeness (QED) is 0.408. The Balaban J connectivity index is 1.80. The Morgan fingerprint density at radius 2 is 1.77 bits per heavy atom. The lowest BCUT2D eigenvalue weighted by Gasteiger charge is -2.13. The molecule has 0 saturated carbocycles. The van der Waals surface area contributed by atoms with Crippen LogP contribution in [0.5, 0.6) is 5.75 Å². The Morgan fingerprint density at radius 3 is 2.52 bits per heavy atom. The van der Waals surface area contributed by atoms with E-state index in [1.807, 2.05) is 6.07 Å². The van der Waals surface area contributed by atoms with E-state index in [1.165, 1.54) is 30.3 Å². The smallest absolute Gasteiger partial charge is 0.270 e. The van der Waals surface area contributed by atoms with Gasteiger partial charge in [-0.3, -0.25) is 19.6 Å². The van der Waals surface area contributed by atoms with Gasteiger partial charge in [0, 0.05) is 18.7 Å². The van der Waals surface area contributed by atoms with Crippen LogP contribution in [0.4, 0.5) is 11.4 Å². The van der Waals surface area contributed by atoms with Gasteiger partial charge in [-0.25, -0.2) is 8.42 Å². The number of nitrogens with one attached hydrogen (secondary N) is 2. The summed E-state index contributed by atoms with van der Waals surface area (Å²) in [5.74, 6) is 0.164. The molecule has 0 aliphatic heterocycles. The summed E-state index contributed by atoms with van der Waals surface area (Å²) in [6.45, 7) is 0.210. The van der Waals surface area contributed by atoms with Crippen molar-refractivity contribution < 1.29 is 22.9 Å². The molecule has 0 fully saturated rings. The van der Waals surface area contributed by atoms with Crippen molar-refractivity contribution in [2.45, 2.75) is 11.4 Å². The van der Waals surface area contributed by atoms with Crippen molar-refractivity contribution in [1.29, 1.82) is 0 Å². The number of methoxy groups -OCH3 is 1. The minimum Gasteiger partial charge on any atom is -0.497 e. The highest BCUT2D eigenvalue weighted by Crippen LogP contribution is 2.23. The highest BCUT2D eigenvalue weighted by molar-refractivity contribution is 7.92. The Hall–Kier alpha value is -3.92. The van der Waals surface area contributed by atoms with Crippen LogP contribution < -0.4 is 14.8 Å². The minimum atomic E-state index is -4.15. The number of nitro groups is 1. The Kier molecular flexibility index (Phi) is 6.51. The van der Waals surface area contributed by atoms with E-state index in [1.54, 1.807) is 37.4 Å². The number of nitro benzene ring substituents is 1. The van der Waals surface area contributed by atoms with Crippen LogP contribution in [0.1, 0.15) is 15.9 Å². The molecule has 0 atom stereocenters. The van der Waals surface area contributed by atoms with Gasteiger partial charge in [0.15, 0.2) is 0 Å². The maximum absolute atomic E-state index is 12.7. The van der Waals surface area contributed by atoms with E-state index >= 15 is 0 Å². The molecule has 0 bridgehead atoms. The predicted molar refractivity (Wildman–Crippen MR) is 115 cm³/mol. The molecule has 0 radical (unpaired) electrons. The molecule has 0 aliphatic carbocycles. The Morgan fingerprint density at radius 1 is 1.03 bits per heavy atom. The normalized spacial score (nSPS) is 10.9. The standard InChI is InChI=1S/C21H19N3O6S/c1-30-17-8-4-6-15(12-17)14-22-21(25)19-10-2-3-11-20(19)23-31(28,29)18-9-5-7-16(13-18)24(26)27/h2-13,23H,14H2,1H3,(H,22,25). The Bertz CT molecular complexity index is 1230. The molecule has 0 heterocycles. The van der Waals surface area contributed by atoms with Gasteiger partial charge in [-0.15, -0.1) is 0 Å². The number of carbonyl (C=O) groups is 1. The van der Waals surface area contributed by atoms with E-state index < -0.39 is 20.9 Å². The van der Waals surface area contributed by atoms with Gasteiger partial charge in [-0.1, -0.05) is 30.3 Å². The maximum atomic E-state index is 12.7. The average molecular weight is 441 g/mol. The third kappa shape index (κ3) is 5.37. The van der Waals surface area contributed by atoms with Crippen LogP contribution >= 0.6 is 0 Å². The zero-order valence-corrected chi connectivity index (χ0v) is 17.3. The molecule has 0 aliphatic rings. The number of anilines is 1. The SMILES string of the molecule is COc1cccc(CNC(=O)c2ccccc2NS(=O)(=O)c2cccc([N+](=O)[O-])c2)c1. The molecule has 9 nitrogen and oxygen atoms in total. The molecule has 160 valence electrons. The number of hydrogen-bond acceptors (Lipinski definition) is 6. The van der Waals surface area contributed by atoms with Gasteiger partial charge in [-0.2, -0.15) is 0 Å². The van der Waals surface area contributed by atoms with Crippen molar-refractivity contribution in [3.8, 4) is 5.75 Å². The van der Waals surface area contributed by atoms with E-state index in [-0.39, 0.29) is 28.4 Å². The highest BCUT2D eigenvalue weighted by atomic mass is 32.2. The van der Waals surface area contributed by atoms with Gasteiger partial charge in [0.25, 0.3) is 21.6 Å². The molecule has 0 spiro atoms. The molecule has 0 aromatic heterocycles. The van der Waals surface area contributed by atoms with Crippen LogP contribution in [0.2, 0.25) is 0 Å². The summed E-state index contributed by atoms with van der Waals surface area (Å²) in [6.07, 6.45) is 0. The number of amides is 1. The lowest BCUT2D eigenvalue weighted by atomic mass is 10.1. The number of nitrogens with zero attached hydrogens (tertiary/aromatic N) is 1. The van der Waals surface area contributed by atoms with Gasteiger partial charge in [-0.05, 0) is 35.9 Å². The minimum absolute atomic E-state index is 0.0529. The van der Waals surface area contributed by atoms with E-state index in [0.717, 1.165) is 11.6 Å². The summed E-state index contributed by atoms with van der Waals surface area (Å²) in [7, 11) is -2.61. The van der Waals surface area contributed by atoms with E-state index in [4.69, 9.17) is 4.74 Å². The molecular weight excluding hydrogens is 422 g/mol. The summed E-state index contributed by atoms with van der Waals surface area (Å²) < 4.78 is 32.9. The first kappa shape index (κ1) is 21.8. The summed E-state index contributed by atoms with van der Waals surface area (Å²) >= 11 is 0. The van der Waals surface area contributed by atoms with Gasteiger partial charge in [0.2, 0.25) is 0 Å². The summed E-state index contributed by atoms with van der Waals surface area (Å²) in [6, 6.07) is 17.9. The van der Waals surface area contributed by atoms with Crippen molar-refractivity contribution in [3.05, 3.63) is 94.0 Å². The van der Waals surface area contributed by atoms with Crippen molar-refractivity contribution in [1.82, 2.24) is 5.32 Å². The molecule has 10 heteroatoms. The number of para-hydroxylation sites is 1. The number of rotatable bonds is 8. The second-order valence-electron chi connectivity index (χ2n) is 6.44. The molecule has 3 aromatic rings. The molecular formula is C21H19N3O6S. The zero-order chi connectivity index (χ0) is 22.4. The first-order valence-corrected chi connectivity index (χ1v) is 10.6. The third-order valence-corrected chi connectivity index (χ3v) is 5.71. The first-order valence-electron chi connectivity index (χ1n) is 9.07. The Labute approximate surface area is 178 Å². The molecule has 0 saturated heterocycles. The second kappa shape index (κ2) is 9.26. The maximum Gasteiger partial charge on any atom is 0.270 e. The summed E-state index contributed by atoms with van der Waals surface area (Å²) in [5, 5.41) is 13.7. The number of non-ortho nitro benzene ring substituents is 1. The fourth-order valence-corrected chi connectivity index (χ4v) is 3.92. The summed E-state index contributed by atoms with van der Waals surface area (Å²) in [5.41, 5.74) is 0.617. The largest absolute Gasteiger partial charge is 0.497 e. The second-order valence-corrected chi connectivity index (χ2v) is 8.12. The fourth-order valence-electron chi connectivity index (χ4n) is 2.80. The summed E-state index contributed by atoms with van der Waals surface area (Å²) in [4.78, 5) is 22.7. The van der Waals surface area contributed by atoms with Crippen LogP contribution in [-0.2, 0) is 16.6 Å². The zero-order valence-electron chi connectivity index (χ0n) is 16.4. The van der Waals surface area contributed by atoms with Gasteiger partial charge < -0.3 is 10.1 Å². The molecule has 1 amide bonds. The first-order chi connectivity index (χ1) is 14.8. The number of ether oxygens (including phenoxy) is 1. The van der Waals surface area contributed by atoms with E-state index in [0.29, 0.717) is 5.75 Å². The van der Waals surface area contributed by atoms with Crippen LogP contribution in [-0.4, -0.2) is 26.4 Å². The number of hydrogen-bond donors (Lipinski definition) is 2. The van der Waals surface area contributed by atoms with Gasteiger partial charge in [0.05, 0.1) is 28.2 Å². The van der Waals surface area contributed by atoms with Crippen molar-refractivity contribution in [2.24, 2.45) is 0 Å². The van der Waals surface area contributed by atoms with Crippen molar-refractivity contribution in [3.63, 3.8) is 0 Å². The molecule has 0 unspecified atom stereocenters. The topological polar surface area (TPSA) is 128 Å². The lowest BCUT2D eigenvalue weighted by Crippen LogP contribution is -2.25. The number of sulfonamides is 1. The van der Waals surface area contributed by atoms with Crippen LogP contribution in [0.3, 0.4) is 0 Å². The fraction of sp³-hybridized carbons (Fsp3) is 0.0952. The highest BCUT2D eigenvalue weighted by Gasteiger charge is 2.20. The number of benzene rings is 3. The molecule has 3 aromatic carbocycles. The van der Waals surface area contributed by atoms with E-state index in [9.17, 15) is 23.3 Å². The predicted octanol–water partition coefficient (Wildman–Crippen LogP) is 3.33. The monoisotopic (exact) mass is 441 g/mol. The average Bonchev–Trinajstić information content (AvgIpc) is 2.77. The molecule has 3 rings (SSSR count). The van der Waals surface area contributed by atoms with Crippen LogP contribution in [0.25, 0.3) is 0 Å². The van der Waals surface area contributed by atoms with Crippen molar-refractivity contribution >= 4 is 27.3 Å². The van der Waals surface area contributed by atoms with Crippen LogP contribution in [0, 0.1) is 10.1 Å². The lowest BCUT2D eigenvalue weighted by molar-refractivity contribution is -0.385. The van der Waals surface area contributed by atoms with E-state index in [2.05, 4.69) is 10.0 Å². The van der Waals surface area contributed by atoms with Crippen molar-refractivity contribution in [2.75, 3.05) is 11.8 Å². The van der Waals surface area contributed by atoms with Gasteiger partial charge >= 0.3 is 0 Å². The molecule has 2 N–H and O–H groups in total. The molecule has 31 heavy (non-hydrogen) atoms.